The summed E-state index contributed by atoms with van der Waals surface area (Å²) < 4.78 is 2.39. The zero-order chi connectivity index (χ0) is 9.59. The largest absolute Gasteiger partial charge is 0.506 e. The molecule has 0 unspecified atom stereocenters. The van der Waals surface area contributed by atoms with Crippen LogP contribution in [0.3, 0.4) is 0 Å². The lowest BCUT2D eigenvalue weighted by Gasteiger charge is -1.97. The van der Waals surface area contributed by atoms with Crippen molar-refractivity contribution in [1.82, 2.24) is 9.55 Å². The Morgan fingerprint density at radius 3 is 2.92 bits per heavy atom. The highest BCUT2D eigenvalue weighted by Crippen LogP contribution is 2.28. The predicted octanol–water partition coefficient (Wildman–Crippen LogP) is 2.59. The van der Waals surface area contributed by atoms with Gasteiger partial charge in [0.1, 0.15) is 5.75 Å². The van der Waals surface area contributed by atoms with E-state index in [-0.39, 0.29) is 5.75 Å². The Morgan fingerprint density at radius 1 is 1.54 bits per heavy atom. The number of H-pyrrole nitrogens is 1. The van der Waals surface area contributed by atoms with Crippen molar-refractivity contribution in [3.8, 4) is 5.75 Å². The number of aromatic amines is 1. The number of aromatic nitrogens is 2. The fourth-order valence-electron chi connectivity index (χ4n) is 1.24. The lowest BCUT2D eigenvalue weighted by Crippen LogP contribution is -1.85. The van der Waals surface area contributed by atoms with Gasteiger partial charge in [-0.05, 0) is 18.3 Å². The first-order valence-corrected chi connectivity index (χ1v) is 4.45. The number of benzene rings is 1. The number of hydrogen-bond donors (Lipinski definition) is 2. The molecule has 1 heterocycles. The van der Waals surface area contributed by atoms with E-state index in [1.165, 1.54) is 0 Å². The highest BCUT2D eigenvalue weighted by Gasteiger charge is 2.05. The third-order valence-electron chi connectivity index (χ3n) is 1.97. The second-order valence-electron chi connectivity index (χ2n) is 2.81. The zero-order valence-electron chi connectivity index (χ0n) is 6.84. The molecular formula is C8H7ClN2OS. The Kier molecular flexibility index (Phi) is 1.82. The SMILES string of the molecule is Cn1c(=S)[nH]c2cc(Cl)c(O)cc21. The zero-order valence-corrected chi connectivity index (χ0v) is 8.41. The van der Waals surface area contributed by atoms with Crippen LogP contribution in [0, 0.1) is 4.77 Å². The second-order valence-corrected chi connectivity index (χ2v) is 3.60. The topological polar surface area (TPSA) is 41.0 Å². The number of nitrogens with one attached hydrogen (secondary N) is 1. The minimum absolute atomic E-state index is 0.0683. The molecule has 1 aromatic heterocycles. The molecule has 0 radical (unpaired) electrons. The van der Waals surface area contributed by atoms with Crippen molar-refractivity contribution in [2.75, 3.05) is 0 Å². The van der Waals surface area contributed by atoms with Gasteiger partial charge in [0.15, 0.2) is 4.77 Å². The van der Waals surface area contributed by atoms with Gasteiger partial charge in [-0.15, -0.1) is 0 Å². The molecule has 0 fully saturated rings. The Balaban J connectivity index is 2.97. The summed E-state index contributed by atoms with van der Waals surface area (Å²) in [7, 11) is 1.83. The van der Waals surface area contributed by atoms with Gasteiger partial charge in [-0.2, -0.15) is 0 Å². The van der Waals surface area contributed by atoms with Gasteiger partial charge >= 0.3 is 0 Å². The van der Waals surface area contributed by atoms with Gasteiger partial charge in [-0.1, -0.05) is 11.6 Å². The van der Waals surface area contributed by atoms with Gasteiger partial charge in [0, 0.05) is 13.1 Å². The fraction of sp³-hybridized carbons (Fsp3) is 0.125. The summed E-state index contributed by atoms with van der Waals surface area (Å²) in [5, 5.41) is 9.68. The standard InChI is InChI=1S/C8H7ClN2OS/c1-11-6-3-7(12)4(9)2-5(6)10-8(11)13/h2-3,12H,1H3,(H,10,13). The van der Waals surface area contributed by atoms with Crippen molar-refractivity contribution in [2.24, 2.45) is 7.05 Å². The third-order valence-corrected chi connectivity index (χ3v) is 2.65. The number of phenols is 1. The van der Waals surface area contributed by atoms with Gasteiger partial charge in [0.25, 0.3) is 0 Å². The van der Waals surface area contributed by atoms with E-state index in [9.17, 15) is 5.11 Å². The van der Waals surface area contributed by atoms with E-state index in [0.717, 1.165) is 11.0 Å². The van der Waals surface area contributed by atoms with Crippen LogP contribution < -0.4 is 0 Å². The highest BCUT2D eigenvalue weighted by molar-refractivity contribution is 7.71. The van der Waals surface area contributed by atoms with E-state index in [2.05, 4.69) is 4.98 Å². The lowest BCUT2D eigenvalue weighted by atomic mass is 10.3. The molecule has 3 nitrogen and oxygen atoms in total. The third kappa shape index (κ3) is 1.22. The highest BCUT2D eigenvalue weighted by atomic mass is 35.5. The first-order chi connectivity index (χ1) is 6.09. The first kappa shape index (κ1) is 8.59. The Morgan fingerprint density at radius 2 is 2.23 bits per heavy atom. The van der Waals surface area contributed by atoms with Crippen LogP contribution in [0.25, 0.3) is 11.0 Å². The monoisotopic (exact) mass is 214 g/mol. The summed E-state index contributed by atoms with van der Waals surface area (Å²) in [5.74, 6) is 0.0683. The molecule has 0 aliphatic carbocycles. The van der Waals surface area contributed by atoms with Crippen molar-refractivity contribution in [1.29, 1.82) is 0 Å². The summed E-state index contributed by atoms with van der Waals surface area (Å²) in [6.45, 7) is 0. The van der Waals surface area contributed by atoms with Crippen molar-refractivity contribution >= 4 is 34.9 Å². The average molecular weight is 215 g/mol. The van der Waals surface area contributed by atoms with Gasteiger partial charge in [-0.3, -0.25) is 0 Å². The van der Waals surface area contributed by atoms with E-state index >= 15 is 0 Å². The molecule has 0 atom stereocenters. The first-order valence-electron chi connectivity index (χ1n) is 3.67. The van der Waals surface area contributed by atoms with Crippen LogP contribution >= 0.6 is 23.8 Å². The number of rotatable bonds is 0. The van der Waals surface area contributed by atoms with Gasteiger partial charge in [-0.25, -0.2) is 0 Å². The molecule has 5 heteroatoms. The van der Waals surface area contributed by atoms with Crippen molar-refractivity contribution in [3.63, 3.8) is 0 Å². The number of aryl methyl sites for hydroxylation is 1. The molecule has 68 valence electrons. The molecule has 0 amide bonds. The summed E-state index contributed by atoms with van der Waals surface area (Å²) in [6.07, 6.45) is 0. The van der Waals surface area contributed by atoms with E-state index in [1.54, 1.807) is 16.7 Å². The number of aromatic hydroxyl groups is 1. The number of hydrogen-bond acceptors (Lipinski definition) is 2. The molecule has 0 saturated carbocycles. The molecule has 0 aliphatic heterocycles. The van der Waals surface area contributed by atoms with E-state index < -0.39 is 0 Å². The normalized spacial score (nSPS) is 10.9. The maximum Gasteiger partial charge on any atom is 0.177 e. The Hall–Kier alpha value is -1.00. The van der Waals surface area contributed by atoms with Crippen molar-refractivity contribution in [2.45, 2.75) is 0 Å². The minimum Gasteiger partial charge on any atom is -0.506 e. The summed E-state index contributed by atoms with van der Waals surface area (Å²) in [5.41, 5.74) is 1.67. The summed E-state index contributed by atoms with van der Waals surface area (Å²) in [6, 6.07) is 3.24. The van der Waals surface area contributed by atoms with Crippen LogP contribution in [0.1, 0.15) is 0 Å². The molecule has 2 N–H and O–H groups in total. The van der Waals surface area contributed by atoms with E-state index in [1.807, 2.05) is 7.05 Å². The van der Waals surface area contributed by atoms with Crippen molar-refractivity contribution in [3.05, 3.63) is 21.9 Å². The molecule has 1 aromatic carbocycles. The molecule has 0 bridgehead atoms. The summed E-state index contributed by atoms with van der Waals surface area (Å²) >= 11 is 10.8. The molecule has 2 aromatic rings. The Bertz CT molecular complexity index is 529. The van der Waals surface area contributed by atoms with Crippen LogP contribution in [-0.2, 0) is 7.05 Å². The van der Waals surface area contributed by atoms with Crippen LogP contribution in [0.4, 0.5) is 0 Å². The maximum absolute atomic E-state index is 9.36. The smallest absolute Gasteiger partial charge is 0.177 e. The lowest BCUT2D eigenvalue weighted by molar-refractivity contribution is 0.476. The summed E-state index contributed by atoms with van der Waals surface area (Å²) in [4.78, 5) is 2.98. The molecule has 13 heavy (non-hydrogen) atoms. The maximum atomic E-state index is 9.36. The van der Waals surface area contributed by atoms with E-state index in [4.69, 9.17) is 23.8 Å². The molecular weight excluding hydrogens is 208 g/mol. The molecule has 0 spiro atoms. The molecule has 0 saturated heterocycles. The van der Waals surface area contributed by atoms with Gasteiger partial charge in [0.2, 0.25) is 0 Å². The number of halogens is 1. The van der Waals surface area contributed by atoms with Gasteiger partial charge in [0.05, 0.1) is 16.1 Å². The average Bonchev–Trinajstić information content (AvgIpc) is 2.32. The van der Waals surface area contributed by atoms with Crippen LogP contribution in [0.2, 0.25) is 5.02 Å². The van der Waals surface area contributed by atoms with Gasteiger partial charge < -0.3 is 14.7 Å². The van der Waals surface area contributed by atoms with Crippen LogP contribution in [0.5, 0.6) is 5.75 Å². The number of nitrogens with zero attached hydrogens (tertiary/aromatic N) is 1. The predicted molar refractivity (Wildman–Crippen MR) is 54.8 cm³/mol. The Labute approximate surface area is 84.6 Å². The number of phenolic OH excluding ortho intramolecular Hbond substituents is 1. The van der Waals surface area contributed by atoms with Crippen LogP contribution in [-0.4, -0.2) is 14.7 Å². The number of fused-ring (bicyclic) bond motifs is 1. The van der Waals surface area contributed by atoms with Crippen LogP contribution in [0.15, 0.2) is 12.1 Å². The fourth-order valence-corrected chi connectivity index (χ4v) is 1.61. The minimum atomic E-state index is 0.0683. The quantitative estimate of drug-likeness (QED) is 0.662. The molecule has 0 aliphatic rings. The second kappa shape index (κ2) is 2.75. The van der Waals surface area contributed by atoms with Crippen molar-refractivity contribution < 1.29 is 5.11 Å². The molecule has 2 rings (SSSR count). The van der Waals surface area contributed by atoms with E-state index in [0.29, 0.717) is 9.79 Å². The number of imidazole rings is 1.